The van der Waals surface area contributed by atoms with Crippen LogP contribution in [0, 0.1) is 0 Å². The molecule has 0 saturated heterocycles. The second-order valence-electron chi connectivity index (χ2n) is 6.26. The average Bonchev–Trinajstić information content (AvgIpc) is 3.26. The van der Waals surface area contributed by atoms with E-state index >= 15 is 0 Å². The highest BCUT2D eigenvalue weighted by Crippen LogP contribution is 2.37. The fourth-order valence-corrected chi connectivity index (χ4v) is 4.40. The Balaban J connectivity index is 1.83. The molecule has 1 aliphatic carbocycles. The summed E-state index contributed by atoms with van der Waals surface area (Å²) in [5.74, 6) is 0. The van der Waals surface area contributed by atoms with Crippen molar-refractivity contribution in [1.29, 1.82) is 0 Å². The van der Waals surface area contributed by atoms with Gasteiger partial charge in [-0.3, -0.25) is 0 Å². The van der Waals surface area contributed by atoms with Crippen LogP contribution in [0.15, 0.2) is 35.7 Å². The van der Waals surface area contributed by atoms with E-state index in [1.165, 1.54) is 12.1 Å². The van der Waals surface area contributed by atoms with Gasteiger partial charge in [0, 0.05) is 15.9 Å². The van der Waals surface area contributed by atoms with Crippen molar-refractivity contribution in [3.63, 3.8) is 0 Å². The Morgan fingerprint density at radius 3 is 2.62 bits per heavy atom. The van der Waals surface area contributed by atoms with E-state index in [0.29, 0.717) is 11.7 Å². The molecule has 1 fully saturated rings. The molecule has 26 heavy (non-hydrogen) atoms. The summed E-state index contributed by atoms with van der Waals surface area (Å²) in [7, 11) is 0. The predicted octanol–water partition coefficient (Wildman–Crippen LogP) is 6.56. The van der Waals surface area contributed by atoms with Crippen LogP contribution in [0.4, 0.5) is 18.9 Å². The van der Waals surface area contributed by atoms with Gasteiger partial charge in [-0.15, -0.1) is 11.3 Å². The van der Waals surface area contributed by atoms with E-state index < -0.39 is 11.7 Å². The standard InChI is InChI=1S/C18H18ClF3N2S2/c19-12-7-8-16(15(10-12)18(20,21)22)23-17(25)24(13-4-1-2-5-13)11-14-6-3-9-26-14/h3,6-10,13H,1-2,4-5,11H2,(H,23,25). The normalized spacial score (nSPS) is 15.2. The molecule has 0 atom stereocenters. The number of alkyl halides is 3. The fraction of sp³-hybridized carbons (Fsp3) is 0.389. The van der Waals surface area contributed by atoms with Crippen molar-refractivity contribution >= 4 is 46.0 Å². The summed E-state index contributed by atoms with van der Waals surface area (Å²) in [5, 5.41) is 5.16. The number of nitrogens with one attached hydrogen (secondary N) is 1. The van der Waals surface area contributed by atoms with Crippen LogP contribution in [0.1, 0.15) is 36.1 Å². The van der Waals surface area contributed by atoms with E-state index in [0.717, 1.165) is 36.6 Å². The van der Waals surface area contributed by atoms with Gasteiger partial charge in [0.25, 0.3) is 0 Å². The molecular formula is C18H18ClF3N2S2. The molecule has 3 rings (SSSR count). The maximum absolute atomic E-state index is 13.3. The van der Waals surface area contributed by atoms with Gasteiger partial charge >= 0.3 is 6.18 Å². The summed E-state index contributed by atoms with van der Waals surface area (Å²) < 4.78 is 40.0. The van der Waals surface area contributed by atoms with Crippen molar-refractivity contribution in [3.05, 3.63) is 51.2 Å². The zero-order valence-electron chi connectivity index (χ0n) is 13.9. The van der Waals surface area contributed by atoms with E-state index in [-0.39, 0.29) is 16.8 Å². The third kappa shape index (κ3) is 4.69. The van der Waals surface area contributed by atoms with Gasteiger partial charge in [0.2, 0.25) is 0 Å². The molecule has 0 spiro atoms. The van der Waals surface area contributed by atoms with Crippen molar-refractivity contribution in [2.24, 2.45) is 0 Å². The Bertz CT molecular complexity index is 756. The van der Waals surface area contributed by atoms with Gasteiger partial charge in [-0.05, 0) is 54.7 Å². The Labute approximate surface area is 165 Å². The molecule has 2 nitrogen and oxygen atoms in total. The van der Waals surface area contributed by atoms with Crippen LogP contribution in [0.2, 0.25) is 5.02 Å². The van der Waals surface area contributed by atoms with E-state index in [1.807, 2.05) is 22.4 Å². The first-order valence-corrected chi connectivity index (χ1v) is 9.98. The van der Waals surface area contributed by atoms with Crippen molar-refractivity contribution < 1.29 is 13.2 Å². The largest absolute Gasteiger partial charge is 0.418 e. The number of rotatable bonds is 4. The second-order valence-corrected chi connectivity index (χ2v) is 8.12. The molecule has 8 heteroatoms. The lowest BCUT2D eigenvalue weighted by Crippen LogP contribution is -2.41. The molecule has 1 aromatic carbocycles. The van der Waals surface area contributed by atoms with Crippen LogP contribution in [0.25, 0.3) is 0 Å². The van der Waals surface area contributed by atoms with Crippen LogP contribution >= 0.6 is 35.2 Å². The van der Waals surface area contributed by atoms with Gasteiger partial charge < -0.3 is 10.2 Å². The maximum Gasteiger partial charge on any atom is 0.418 e. The van der Waals surface area contributed by atoms with Crippen LogP contribution in [-0.4, -0.2) is 16.1 Å². The van der Waals surface area contributed by atoms with Gasteiger partial charge in [0.1, 0.15) is 0 Å². The molecule has 2 aromatic rings. The summed E-state index contributed by atoms with van der Waals surface area (Å²) in [5.41, 5.74) is -0.879. The van der Waals surface area contributed by atoms with E-state index in [1.54, 1.807) is 11.3 Å². The Morgan fingerprint density at radius 2 is 2.00 bits per heavy atom. The Kier molecular flexibility index (Phi) is 6.10. The van der Waals surface area contributed by atoms with Gasteiger partial charge in [0.05, 0.1) is 17.8 Å². The van der Waals surface area contributed by atoms with Crippen LogP contribution in [0.5, 0.6) is 0 Å². The highest BCUT2D eigenvalue weighted by molar-refractivity contribution is 7.80. The topological polar surface area (TPSA) is 15.3 Å². The number of hydrogen-bond acceptors (Lipinski definition) is 2. The zero-order valence-corrected chi connectivity index (χ0v) is 16.2. The third-order valence-corrected chi connectivity index (χ3v) is 5.89. The molecule has 1 N–H and O–H groups in total. The van der Waals surface area contributed by atoms with Crippen molar-refractivity contribution in [1.82, 2.24) is 4.90 Å². The minimum Gasteiger partial charge on any atom is -0.341 e. The van der Waals surface area contributed by atoms with E-state index in [2.05, 4.69) is 5.32 Å². The van der Waals surface area contributed by atoms with Gasteiger partial charge in [-0.25, -0.2) is 0 Å². The molecule has 1 saturated carbocycles. The van der Waals surface area contributed by atoms with Crippen LogP contribution < -0.4 is 5.32 Å². The first-order chi connectivity index (χ1) is 12.3. The number of thiophene rings is 1. The van der Waals surface area contributed by atoms with Gasteiger partial charge in [-0.1, -0.05) is 30.5 Å². The Morgan fingerprint density at radius 1 is 1.27 bits per heavy atom. The molecule has 1 aliphatic rings. The lowest BCUT2D eigenvalue weighted by atomic mass is 10.1. The number of nitrogens with zero attached hydrogens (tertiary/aromatic N) is 1. The smallest absolute Gasteiger partial charge is 0.341 e. The third-order valence-electron chi connectivity index (χ3n) is 4.46. The van der Waals surface area contributed by atoms with Crippen LogP contribution in [0.3, 0.4) is 0 Å². The average molecular weight is 419 g/mol. The number of benzene rings is 1. The molecule has 0 aliphatic heterocycles. The number of halogens is 4. The summed E-state index contributed by atoms with van der Waals surface area (Å²) >= 11 is 12.9. The molecule has 0 radical (unpaired) electrons. The number of thiocarbonyl (C=S) groups is 1. The van der Waals surface area contributed by atoms with E-state index in [9.17, 15) is 13.2 Å². The minimum atomic E-state index is -4.51. The predicted molar refractivity (Wildman–Crippen MR) is 105 cm³/mol. The molecule has 0 unspecified atom stereocenters. The summed E-state index contributed by atoms with van der Waals surface area (Å²) in [4.78, 5) is 3.15. The fourth-order valence-electron chi connectivity index (χ4n) is 3.20. The molecule has 1 heterocycles. The highest BCUT2D eigenvalue weighted by atomic mass is 35.5. The SMILES string of the molecule is FC(F)(F)c1cc(Cl)ccc1NC(=S)N(Cc1cccs1)C1CCCC1. The van der Waals surface area contributed by atoms with Crippen molar-refractivity contribution in [3.8, 4) is 0 Å². The number of hydrogen-bond donors (Lipinski definition) is 1. The first-order valence-electron chi connectivity index (χ1n) is 8.31. The zero-order chi connectivity index (χ0) is 18.7. The number of anilines is 1. The molecule has 140 valence electrons. The van der Waals surface area contributed by atoms with Gasteiger partial charge in [-0.2, -0.15) is 13.2 Å². The van der Waals surface area contributed by atoms with Gasteiger partial charge in [0.15, 0.2) is 5.11 Å². The van der Waals surface area contributed by atoms with Crippen LogP contribution in [-0.2, 0) is 12.7 Å². The lowest BCUT2D eigenvalue weighted by Gasteiger charge is -2.32. The molecule has 0 bridgehead atoms. The monoisotopic (exact) mass is 418 g/mol. The summed E-state index contributed by atoms with van der Waals surface area (Å²) in [6, 6.07) is 7.91. The Hall–Kier alpha value is -1.31. The summed E-state index contributed by atoms with van der Waals surface area (Å²) in [6.07, 6.45) is -0.277. The van der Waals surface area contributed by atoms with Crippen molar-refractivity contribution in [2.75, 3.05) is 5.32 Å². The second kappa shape index (κ2) is 8.15. The lowest BCUT2D eigenvalue weighted by molar-refractivity contribution is -0.136. The molecule has 0 amide bonds. The molecular weight excluding hydrogens is 401 g/mol. The summed E-state index contributed by atoms with van der Waals surface area (Å²) in [6.45, 7) is 0.600. The quantitative estimate of drug-likeness (QED) is 0.566. The highest BCUT2D eigenvalue weighted by Gasteiger charge is 2.34. The first kappa shape index (κ1) is 19.5. The van der Waals surface area contributed by atoms with Crippen molar-refractivity contribution in [2.45, 2.75) is 44.4 Å². The molecule has 1 aromatic heterocycles. The minimum absolute atomic E-state index is 0.0417. The van der Waals surface area contributed by atoms with E-state index in [4.69, 9.17) is 23.8 Å². The maximum atomic E-state index is 13.3.